The first-order chi connectivity index (χ1) is 21.2. The summed E-state index contributed by atoms with van der Waals surface area (Å²) in [6.07, 6.45) is -0.158. The van der Waals surface area contributed by atoms with Crippen LogP contribution in [0.4, 0.5) is 4.79 Å². The molecule has 216 valence electrons. The maximum Gasteiger partial charge on any atom is 0.407 e. The van der Waals surface area contributed by atoms with Gasteiger partial charge in [-0.25, -0.2) is 4.79 Å². The zero-order valence-corrected chi connectivity index (χ0v) is 24.2. The van der Waals surface area contributed by atoms with Gasteiger partial charge in [-0.15, -0.1) is 0 Å². The van der Waals surface area contributed by atoms with Gasteiger partial charge in [-0.3, -0.25) is 0 Å². The van der Waals surface area contributed by atoms with E-state index >= 15 is 0 Å². The molecule has 5 aromatic rings. The van der Waals surface area contributed by atoms with Gasteiger partial charge in [-0.1, -0.05) is 121 Å². The molecule has 43 heavy (non-hydrogen) atoms. The van der Waals surface area contributed by atoms with Crippen molar-refractivity contribution < 1.29 is 19.0 Å². The molecule has 0 saturated carbocycles. The highest BCUT2D eigenvalue weighted by Gasteiger charge is 2.29. The Hall–Kier alpha value is -4.87. The maximum absolute atomic E-state index is 13.3. The fraction of sp³-hybridized carbons (Fsp3) is 0.184. The predicted octanol–water partition coefficient (Wildman–Crippen LogP) is 7.95. The number of nitrogens with one attached hydrogen (secondary N) is 1. The molecule has 5 nitrogen and oxygen atoms in total. The van der Waals surface area contributed by atoms with Crippen LogP contribution in [0.25, 0.3) is 11.1 Å². The largest absolute Gasteiger partial charge is 0.497 e. The third-order valence-electron chi connectivity index (χ3n) is 7.98. The fourth-order valence-corrected chi connectivity index (χ4v) is 5.86. The molecule has 1 aliphatic rings. The van der Waals surface area contributed by atoms with E-state index in [0.29, 0.717) is 13.0 Å². The van der Waals surface area contributed by atoms with Crippen LogP contribution in [0, 0.1) is 0 Å². The van der Waals surface area contributed by atoms with Gasteiger partial charge >= 0.3 is 6.09 Å². The van der Waals surface area contributed by atoms with Crippen molar-refractivity contribution in [1.82, 2.24) is 5.32 Å². The number of amides is 1. The molecule has 5 aromatic carbocycles. The summed E-state index contributed by atoms with van der Waals surface area (Å²) in [6, 6.07) is 44.5. The second kappa shape index (κ2) is 13.4. The molecule has 5 heteroatoms. The number of fused-ring (bicyclic) bond motifs is 3. The van der Waals surface area contributed by atoms with E-state index in [1.807, 2.05) is 84.9 Å². The molecule has 0 fully saturated rings. The number of carbonyl (C=O) groups excluding carboxylic acids is 1. The molecular formula is C38H35NO4. The summed E-state index contributed by atoms with van der Waals surface area (Å²) in [4.78, 5) is 13.3. The van der Waals surface area contributed by atoms with Gasteiger partial charge in [0.15, 0.2) is 0 Å². The standard InChI is InChI=1S/C38H35NO4/c1-41-31-22-20-27(21-23-31)24-30(25-42-37(28-12-4-2-5-13-28)29-14-6-3-7-15-29)39-38(40)43-26-36-34-18-10-8-16-32(34)33-17-9-11-19-35(33)36/h2-23,30,36-37H,24-26H2,1H3,(H,39,40)/t30-/m0/s1. The Kier molecular flexibility index (Phi) is 8.81. The third-order valence-corrected chi connectivity index (χ3v) is 7.98. The van der Waals surface area contributed by atoms with Crippen LogP contribution >= 0.6 is 0 Å². The Morgan fingerprint density at radius 3 is 1.79 bits per heavy atom. The highest BCUT2D eigenvalue weighted by molar-refractivity contribution is 5.79. The average molecular weight is 570 g/mol. The number of benzene rings is 5. The molecule has 0 aliphatic heterocycles. The van der Waals surface area contributed by atoms with E-state index in [2.05, 4.69) is 53.8 Å². The lowest BCUT2D eigenvalue weighted by Gasteiger charge is -2.24. The Morgan fingerprint density at radius 2 is 1.23 bits per heavy atom. The quantitative estimate of drug-likeness (QED) is 0.175. The van der Waals surface area contributed by atoms with Crippen molar-refractivity contribution in [3.05, 3.63) is 161 Å². The Bertz CT molecular complexity index is 1550. The SMILES string of the molecule is COc1ccc(C[C@@H](COC(c2ccccc2)c2ccccc2)NC(=O)OCC2c3ccccc3-c3ccccc32)cc1. The molecule has 1 aliphatic carbocycles. The van der Waals surface area contributed by atoms with Gasteiger partial charge in [0.25, 0.3) is 0 Å². The molecular weight excluding hydrogens is 534 g/mol. The number of methoxy groups -OCH3 is 1. The smallest absolute Gasteiger partial charge is 0.407 e. The molecule has 6 rings (SSSR count). The monoisotopic (exact) mass is 569 g/mol. The molecule has 0 spiro atoms. The normalized spacial score (nSPS) is 12.8. The molecule has 0 bridgehead atoms. The predicted molar refractivity (Wildman–Crippen MR) is 169 cm³/mol. The summed E-state index contributed by atoms with van der Waals surface area (Å²) in [7, 11) is 1.65. The van der Waals surface area contributed by atoms with Crippen LogP contribution in [0.2, 0.25) is 0 Å². The molecule has 0 aromatic heterocycles. The van der Waals surface area contributed by atoms with Crippen molar-refractivity contribution >= 4 is 6.09 Å². The van der Waals surface area contributed by atoms with Crippen molar-refractivity contribution in [1.29, 1.82) is 0 Å². The van der Waals surface area contributed by atoms with Gasteiger partial charge in [0.2, 0.25) is 0 Å². The van der Waals surface area contributed by atoms with Gasteiger partial charge < -0.3 is 19.5 Å². The van der Waals surface area contributed by atoms with Crippen molar-refractivity contribution in [2.75, 3.05) is 20.3 Å². The Balaban J connectivity index is 1.18. The zero-order chi connectivity index (χ0) is 29.4. The third kappa shape index (κ3) is 6.63. The number of ether oxygens (including phenoxy) is 3. The van der Waals surface area contributed by atoms with Crippen molar-refractivity contribution in [3.63, 3.8) is 0 Å². The van der Waals surface area contributed by atoms with E-state index in [1.165, 1.54) is 22.3 Å². The summed E-state index contributed by atoms with van der Waals surface area (Å²) in [5.41, 5.74) is 7.93. The first kappa shape index (κ1) is 28.3. The van der Waals surface area contributed by atoms with Crippen LogP contribution in [0.1, 0.15) is 39.8 Å². The van der Waals surface area contributed by atoms with Crippen molar-refractivity contribution in [3.8, 4) is 16.9 Å². The van der Waals surface area contributed by atoms with E-state index in [9.17, 15) is 4.79 Å². The first-order valence-electron chi connectivity index (χ1n) is 14.7. The minimum Gasteiger partial charge on any atom is -0.497 e. The lowest BCUT2D eigenvalue weighted by Crippen LogP contribution is -2.41. The van der Waals surface area contributed by atoms with Crippen molar-refractivity contribution in [2.24, 2.45) is 0 Å². The van der Waals surface area contributed by atoms with Crippen molar-refractivity contribution in [2.45, 2.75) is 24.5 Å². The number of alkyl carbamates (subject to hydrolysis) is 1. The van der Waals surface area contributed by atoms with Crippen LogP contribution in [0.5, 0.6) is 5.75 Å². The Labute approximate surface area is 253 Å². The number of hydrogen-bond donors (Lipinski definition) is 1. The number of hydrogen-bond acceptors (Lipinski definition) is 4. The van der Waals surface area contributed by atoms with E-state index in [1.54, 1.807) is 7.11 Å². The van der Waals surface area contributed by atoms with Crippen LogP contribution < -0.4 is 10.1 Å². The molecule has 0 saturated heterocycles. The maximum atomic E-state index is 13.3. The lowest BCUT2D eigenvalue weighted by atomic mass is 9.98. The summed E-state index contributed by atoms with van der Waals surface area (Å²) in [5, 5.41) is 3.11. The van der Waals surface area contributed by atoms with E-state index < -0.39 is 6.09 Å². The van der Waals surface area contributed by atoms with Gasteiger partial charge in [0.1, 0.15) is 18.5 Å². The minimum atomic E-state index is -0.458. The van der Waals surface area contributed by atoms with Gasteiger partial charge in [-0.05, 0) is 57.5 Å². The van der Waals surface area contributed by atoms with Crippen LogP contribution in [0.15, 0.2) is 133 Å². The summed E-state index contributed by atoms with van der Waals surface area (Å²) < 4.78 is 17.8. The second-order valence-corrected chi connectivity index (χ2v) is 10.8. The van der Waals surface area contributed by atoms with E-state index in [4.69, 9.17) is 14.2 Å². The van der Waals surface area contributed by atoms with Gasteiger partial charge in [0, 0.05) is 5.92 Å². The fourth-order valence-electron chi connectivity index (χ4n) is 5.86. The molecule has 0 unspecified atom stereocenters. The van der Waals surface area contributed by atoms with Crippen LogP contribution in [-0.4, -0.2) is 32.5 Å². The lowest BCUT2D eigenvalue weighted by molar-refractivity contribution is 0.0589. The highest BCUT2D eigenvalue weighted by Crippen LogP contribution is 2.44. The zero-order valence-electron chi connectivity index (χ0n) is 24.2. The molecule has 1 amide bonds. The number of rotatable bonds is 11. The molecule has 1 atom stereocenters. The van der Waals surface area contributed by atoms with Gasteiger partial charge in [-0.2, -0.15) is 0 Å². The number of carbonyl (C=O) groups is 1. The van der Waals surface area contributed by atoms with E-state index in [-0.39, 0.29) is 24.7 Å². The second-order valence-electron chi connectivity index (χ2n) is 10.8. The van der Waals surface area contributed by atoms with Gasteiger partial charge in [0.05, 0.1) is 19.8 Å². The van der Waals surface area contributed by atoms with Crippen LogP contribution in [-0.2, 0) is 15.9 Å². The first-order valence-corrected chi connectivity index (χ1v) is 14.7. The minimum absolute atomic E-state index is 0.00465. The topological polar surface area (TPSA) is 56.8 Å². The highest BCUT2D eigenvalue weighted by atomic mass is 16.5. The van der Waals surface area contributed by atoms with Crippen LogP contribution in [0.3, 0.4) is 0 Å². The summed E-state index contributed by atoms with van der Waals surface area (Å²) in [6.45, 7) is 0.553. The Morgan fingerprint density at radius 1 is 0.698 bits per heavy atom. The summed E-state index contributed by atoms with van der Waals surface area (Å²) >= 11 is 0. The van der Waals surface area contributed by atoms with E-state index in [0.717, 1.165) is 22.4 Å². The average Bonchev–Trinajstić information content (AvgIpc) is 3.38. The molecule has 1 N–H and O–H groups in total. The molecule has 0 radical (unpaired) electrons. The molecule has 0 heterocycles. The summed E-state index contributed by atoms with van der Waals surface area (Å²) in [5.74, 6) is 0.782.